The summed E-state index contributed by atoms with van der Waals surface area (Å²) in [5.74, 6) is -2.57. The first-order valence-corrected chi connectivity index (χ1v) is 12.3. The highest BCUT2D eigenvalue weighted by molar-refractivity contribution is 5.79. The van der Waals surface area contributed by atoms with Crippen LogP contribution >= 0.6 is 0 Å². The van der Waals surface area contributed by atoms with Crippen LogP contribution in [0.1, 0.15) is 22.6 Å². The average molecular weight is 502 g/mol. The van der Waals surface area contributed by atoms with Crippen LogP contribution in [0.5, 0.6) is 0 Å². The molecule has 1 N–H and O–H groups in total. The Balaban J connectivity index is 1.15. The normalized spacial score (nSPS) is 23.9. The van der Waals surface area contributed by atoms with Crippen molar-refractivity contribution in [1.82, 2.24) is 4.90 Å². The molecule has 0 spiro atoms. The Morgan fingerprint density at radius 3 is 2.24 bits per heavy atom. The maximum absolute atomic E-state index is 13.2. The van der Waals surface area contributed by atoms with Crippen LogP contribution in [0.3, 0.4) is 0 Å². The lowest BCUT2D eigenvalue weighted by Crippen LogP contribution is -2.55. The minimum absolute atomic E-state index is 0.0126. The van der Waals surface area contributed by atoms with E-state index in [2.05, 4.69) is 24.3 Å². The van der Waals surface area contributed by atoms with Gasteiger partial charge in [-0.2, -0.15) is 0 Å². The minimum atomic E-state index is -1.37. The van der Waals surface area contributed by atoms with Gasteiger partial charge in [-0.1, -0.05) is 78.9 Å². The molecule has 2 aliphatic heterocycles. The van der Waals surface area contributed by atoms with Crippen molar-refractivity contribution in [2.24, 2.45) is 0 Å². The fourth-order valence-corrected chi connectivity index (χ4v) is 5.50. The number of nitrogens with zero attached hydrogens (tertiary/aromatic N) is 1. The highest BCUT2D eigenvalue weighted by atomic mass is 16.8. The molecule has 2 bridgehead atoms. The van der Waals surface area contributed by atoms with E-state index in [0.29, 0.717) is 6.61 Å². The van der Waals surface area contributed by atoms with E-state index in [0.717, 1.165) is 27.8 Å². The Hall–Kier alpha value is -3.72. The molecule has 190 valence electrons. The lowest BCUT2D eigenvalue weighted by Gasteiger charge is -2.37. The second-order valence-corrected chi connectivity index (χ2v) is 9.61. The Morgan fingerprint density at radius 2 is 1.57 bits per heavy atom. The highest BCUT2D eigenvalue weighted by Gasteiger charge is 2.57. The molecular weight excluding hydrogens is 474 g/mol. The molecule has 1 aliphatic carbocycles. The number of aliphatic carboxylic acids is 1. The zero-order valence-electron chi connectivity index (χ0n) is 20.1. The fourth-order valence-electron chi connectivity index (χ4n) is 5.50. The standard InChI is InChI=1S/C29H27NO7/c31-27(32)26-25-14-30(17-29(36-25,37-26)18-34-15-19-8-2-1-3-9-19)28(33)35-16-24-22-12-6-4-10-20(22)21-11-5-7-13-23(21)24/h1-13,24-26H,14-18H2,(H,31,32)/t25-,26-,29+/m0/s1. The zero-order chi connectivity index (χ0) is 25.4. The predicted octanol–water partition coefficient (Wildman–Crippen LogP) is 4.03. The Morgan fingerprint density at radius 1 is 0.919 bits per heavy atom. The van der Waals surface area contributed by atoms with Gasteiger partial charge in [0.2, 0.25) is 5.79 Å². The van der Waals surface area contributed by atoms with Crippen molar-refractivity contribution in [3.05, 3.63) is 95.6 Å². The smallest absolute Gasteiger partial charge is 0.410 e. The number of rotatable bonds is 7. The summed E-state index contributed by atoms with van der Waals surface area (Å²) in [5.41, 5.74) is 5.51. The summed E-state index contributed by atoms with van der Waals surface area (Å²) in [7, 11) is 0. The van der Waals surface area contributed by atoms with Gasteiger partial charge in [0, 0.05) is 5.92 Å². The van der Waals surface area contributed by atoms with Crippen LogP contribution in [-0.2, 0) is 30.3 Å². The van der Waals surface area contributed by atoms with Crippen LogP contribution in [0.4, 0.5) is 4.79 Å². The van der Waals surface area contributed by atoms with Gasteiger partial charge in [-0.25, -0.2) is 9.59 Å². The molecule has 37 heavy (non-hydrogen) atoms. The van der Waals surface area contributed by atoms with Crippen molar-refractivity contribution in [2.75, 3.05) is 26.3 Å². The Kier molecular flexibility index (Phi) is 6.16. The summed E-state index contributed by atoms with van der Waals surface area (Å²) in [5, 5.41) is 9.66. The van der Waals surface area contributed by atoms with E-state index in [1.54, 1.807) is 0 Å². The van der Waals surface area contributed by atoms with Crippen LogP contribution in [0, 0.1) is 0 Å². The van der Waals surface area contributed by atoms with Crippen molar-refractivity contribution in [1.29, 1.82) is 0 Å². The van der Waals surface area contributed by atoms with E-state index in [-0.39, 0.29) is 32.2 Å². The summed E-state index contributed by atoms with van der Waals surface area (Å²) in [6, 6.07) is 25.9. The van der Waals surface area contributed by atoms with Gasteiger partial charge in [-0.3, -0.25) is 4.90 Å². The van der Waals surface area contributed by atoms with Crippen LogP contribution in [0.2, 0.25) is 0 Å². The molecule has 3 aromatic carbocycles. The van der Waals surface area contributed by atoms with E-state index in [1.807, 2.05) is 54.6 Å². The second-order valence-electron chi connectivity index (χ2n) is 9.61. The fraction of sp³-hybridized carbons (Fsp3) is 0.310. The van der Waals surface area contributed by atoms with Gasteiger partial charge in [-0.15, -0.1) is 0 Å². The summed E-state index contributed by atoms with van der Waals surface area (Å²) in [6.07, 6.45) is -2.53. The van der Waals surface area contributed by atoms with Crippen LogP contribution in [-0.4, -0.2) is 66.4 Å². The molecule has 3 aliphatic rings. The quantitative estimate of drug-likeness (QED) is 0.522. The van der Waals surface area contributed by atoms with E-state index in [4.69, 9.17) is 18.9 Å². The van der Waals surface area contributed by atoms with Crippen LogP contribution in [0.25, 0.3) is 11.1 Å². The first-order valence-electron chi connectivity index (χ1n) is 12.3. The molecule has 0 unspecified atom stereocenters. The number of carboxylic acids is 1. The van der Waals surface area contributed by atoms with E-state index in [9.17, 15) is 14.7 Å². The van der Waals surface area contributed by atoms with E-state index < -0.39 is 30.1 Å². The number of carbonyl (C=O) groups is 2. The lowest BCUT2D eigenvalue weighted by molar-refractivity contribution is -0.233. The maximum atomic E-state index is 13.2. The van der Waals surface area contributed by atoms with Crippen molar-refractivity contribution in [3.63, 3.8) is 0 Å². The third-order valence-corrected chi connectivity index (χ3v) is 7.15. The van der Waals surface area contributed by atoms with Gasteiger partial charge in [0.1, 0.15) is 19.3 Å². The molecule has 2 heterocycles. The van der Waals surface area contributed by atoms with Crippen molar-refractivity contribution >= 4 is 12.1 Å². The molecule has 0 aromatic heterocycles. The zero-order valence-corrected chi connectivity index (χ0v) is 20.1. The van der Waals surface area contributed by atoms with Crippen molar-refractivity contribution in [2.45, 2.75) is 30.5 Å². The summed E-state index contributed by atoms with van der Waals surface area (Å²) in [6.45, 7) is 0.542. The number of fused-ring (bicyclic) bond motifs is 5. The Labute approximate surface area is 214 Å². The lowest BCUT2D eigenvalue weighted by atomic mass is 9.98. The molecule has 2 fully saturated rings. The molecule has 8 heteroatoms. The number of ether oxygens (including phenoxy) is 4. The predicted molar refractivity (Wildman–Crippen MR) is 133 cm³/mol. The maximum Gasteiger partial charge on any atom is 0.410 e. The SMILES string of the molecule is O=C(O)[C@H]1O[C@@]2(COCc3ccccc3)CN(C(=O)OCC3c4ccccc4-c4ccccc43)C[C@@H]1O2. The third-order valence-electron chi connectivity index (χ3n) is 7.15. The number of hydrogen-bond donors (Lipinski definition) is 1. The average Bonchev–Trinajstić information content (AvgIpc) is 3.38. The van der Waals surface area contributed by atoms with Gasteiger partial charge in [0.05, 0.1) is 19.7 Å². The number of benzene rings is 3. The number of carbonyl (C=O) groups excluding carboxylic acids is 1. The Bertz CT molecular complexity index is 1270. The monoisotopic (exact) mass is 501 g/mol. The number of morpholine rings is 1. The molecule has 6 rings (SSSR count). The van der Waals surface area contributed by atoms with Gasteiger partial charge in [0.25, 0.3) is 0 Å². The summed E-state index contributed by atoms with van der Waals surface area (Å²) >= 11 is 0. The first-order chi connectivity index (χ1) is 18.0. The van der Waals surface area contributed by atoms with Crippen molar-refractivity contribution < 1.29 is 33.6 Å². The van der Waals surface area contributed by atoms with Crippen LogP contribution in [0.15, 0.2) is 78.9 Å². The van der Waals surface area contributed by atoms with Gasteiger partial charge >= 0.3 is 12.1 Å². The number of carboxylic acid groups (broad SMARTS) is 1. The van der Waals surface area contributed by atoms with Gasteiger partial charge in [-0.05, 0) is 27.8 Å². The molecule has 3 aromatic rings. The molecular formula is C29H27NO7. The topological polar surface area (TPSA) is 94.5 Å². The van der Waals surface area contributed by atoms with E-state index in [1.165, 1.54) is 4.90 Å². The highest BCUT2D eigenvalue weighted by Crippen LogP contribution is 2.44. The molecule has 0 radical (unpaired) electrons. The first kappa shape index (κ1) is 23.7. The van der Waals surface area contributed by atoms with Gasteiger partial charge in [0.15, 0.2) is 6.10 Å². The summed E-state index contributed by atoms with van der Waals surface area (Å²) < 4.78 is 23.4. The molecule has 2 saturated heterocycles. The van der Waals surface area contributed by atoms with E-state index >= 15 is 0 Å². The van der Waals surface area contributed by atoms with Gasteiger partial charge < -0.3 is 24.1 Å². The van der Waals surface area contributed by atoms with Crippen molar-refractivity contribution in [3.8, 4) is 11.1 Å². The van der Waals surface area contributed by atoms with Crippen LogP contribution < -0.4 is 0 Å². The molecule has 3 atom stereocenters. The molecule has 0 saturated carbocycles. The molecule has 8 nitrogen and oxygen atoms in total. The third kappa shape index (κ3) is 4.48. The number of amides is 1. The minimum Gasteiger partial charge on any atom is -0.479 e. The molecule has 1 amide bonds. The largest absolute Gasteiger partial charge is 0.479 e. The summed E-state index contributed by atoms with van der Waals surface area (Å²) in [4.78, 5) is 26.5. The number of hydrogen-bond acceptors (Lipinski definition) is 6. The second kappa shape index (κ2) is 9.63.